The number of pyridine rings is 1. The van der Waals surface area contributed by atoms with Crippen molar-refractivity contribution in [1.29, 1.82) is 0 Å². The van der Waals surface area contributed by atoms with Crippen LogP contribution >= 0.6 is 0 Å². The molecule has 0 unspecified atom stereocenters. The SMILES string of the molecule is O=C(NCc1ccncc1)[C@@H]1[C@H]2CC[C@@H](C2)N1C(=O)c1ccccc1. The summed E-state index contributed by atoms with van der Waals surface area (Å²) in [6.45, 7) is 0.461. The largest absolute Gasteiger partial charge is 0.350 e. The van der Waals surface area contributed by atoms with E-state index in [2.05, 4.69) is 10.3 Å². The summed E-state index contributed by atoms with van der Waals surface area (Å²) in [6, 6.07) is 12.9. The second kappa shape index (κ2) is 6.67. The average Bonchev–Trinajstić information content (AvgIpc) is 3.28. The van der Waals surface area contributed by atoms with Gasteiger partial charge in [0.25, 0.3) is 5.91 Å². The molecule has 2 aromatic rings. The Morgan fingerprint density at radius 1 is 1.08 bits per heavy atom. The van der Waals surface area contributed by atoms with Gasteiger partial charge in [0, 0.05) is 30.5 Å². The zero-order chi connectivity index (χ0) is 17.2. The topological polar surface area (TPSA) is 62.3 Å². The monoisotopic (exact) mass is 335 g/mol. The number of carbonyl (C=O) groups excluding carboxylic acids is 2. The molecule has 3 atom stereocenters. The first-order chi connectivity index (χ1) is 12.2. The predicted octanol–water partition coefficient (Wildman–Crippen LogP) is 2.39. The molecule has 1 saturated carbocycles. The molecule has 128 valence electrons. The third-order valence-electron chi connectivity index (χ3n) is 5.33. The number of aromatic nitrogens is 1. The van der Waals surface area contributed by atoms with Crippen molar-refractivity contribution in [2.75, 3.05) is 0 Å². The molecule has 1 N–H and O–H groups in total. The summed E-state index contributed by atoms with van der Waals surface area (Å²) in [6.07, 6.45) is 6.38. The van der Waals surface area contributed by atoms with E-state index in [9.17, 15) is 9.59 Å². The minimum absolute atomic E-state index is 0.0307. The first kappa shape index (κ1) is 15.8. The van der Waals surface area contributed by atoms with Crippen LogP contribution in [0.4, 0.5) is 0 Å². The molecule has 2 fully saturated rings. The van der Waals surface area contributed by atoms with Gasteiger partial charge < -0.3 is 10.2 Å². The molecule has 2 aliphatic rings. The number of fused-ring (bicyclic) bond motifs is 2. The van der Waals surface area contributed by atoms with E-state index in [0.29, 0.717) is 12.1 Å². The summed E-state index contributed by atoms with van der Waals surface area (Å²) in [5, 5.41) is 3.00. The third-order valence-corrected chi connectivity index (χ3v) is 5.33. The van der Waals surface area contributed by atoms with Crippen molar-refractivity contribution in [3.8, 4) is 0 Å². The van der Waals surface area contributed by atoms with Crippen LogP contribution in [-0.4, -0.2) is 33.8 Å². The molecule has 2 bridgehead atoms. The van der Waals surface area contributed by atoms with Crippen LogP contribution in [0.3, 0.4) is 0 Å². The molecule has 0 spiro atoms. The smallest absolute Gasteiger partial charge is 0.254 e. The highest BCUT2D eigenvalue weighted by Gasteiger charge is 2.51. The van der Waals surface area contributed by atoms with Gasteiger partial charge in [-0.25, -0.2) is 0 Å². The summed E-state index contributed by atoms with van der Waals surface area (Å²) < 4.78 is 0. The van der Waals surface area contributed by atoms with E-state index in [1.54, 1.807) is 12.4 Å². The van der Waals surface area contributed by atoms with Gasteiger partial charge in [-0.05, 0) is 55.0 Å². The third kappa shape index (κ3) is 3.02. The number of amides is 2. The molecule has 5 nitrogen and oxygen atoms in total. The van der Waals surface area contributed by atoms with Crippen LogP contribution in [0.25, 0.3) is 0 Å². The van der Waals surface area contributed by atoms with Crippen LogP contribution in [0, 0.1) is 5.92 Å². The van der Waals surface area contributed by atoms with Crippen LogP contribution in [0.2, 0.25) is 0 Å². The second-order valence-electron chi connectivity index (χ2n) is 6.82. The Hall–Kier alpha value is -2.69. The Labute approximate surface area is 147 Å². The van der Waals surface area contributed by atoms with E-state index in [0.717, 1.165) is 24.8 Å². The summed E-state index contributed by atoms with van der Waals surface area (Å²) in [5.74, 6) is 0.195. The van der Waals surface area contributed by atoms with Crippen molar-refractivity contribution in [3.63, 3.8) is 0 Å². The zero-order valence-electron chi connectivity index (χ0n) is 14.0. The van der Waals surface area contributed by atoms with Crippen molar-refractivity contribution >= 4 is 11.8 Å². The molecule has 1 aliphatic heterocycles. The summed E-state index contributed by atoms with van der Waals surface area (Å²) in [7, 11) is 0. The van der Waals surface area contributed by atoms with Crippen LogP contribution in [-0.2, 0) is 11.3 Å². The lowest BCUT2D eigenvalue weighted by atomic mass is 9.97. The lowest BCUT2D eigenvalue weighted by Crippen LogP contribution is -2.52. The molecular weight excluding hydrogens is 314 g/mol. The molecule has 5 heteroatoms. The predicted molar refractivity (Wildman–Crippen MR) is 93.6 cm³/mol. The van der Waals surface area contributed by atoms with E-state index in [1.807, 2.05) is 47.4 Å². The summed E-state index contributed by atoms with van der Waals surface area (Å²) in [5.41, 5.74) is 1.66. The molecule has 25 heavy (non-hydrogen) atoms. The van der Waals surface area contributed by atoms with Gasteiger partial charge in [0.1, 0.15) is 6.04 Å². The molecule has 4 rings (SSSR count). The van der Waals surface area contributed by atoms with E-state index in [-0.39, 0.29) is 29.8 Å². The number of benzene rings is 1. The van der Waals surface area contributed by atoms with Crippen LogP contribution in [0.15, 0.2) is 54.9 Å². The van der Waals surface area contributed by atoms with Crippen molar-refractivity contribution in [2.24, 2.45) is 5.92 Å². The number of nitrogens with one attached hydrogen (secondary N) is 1. The number of likely N-dealkylation sites (tertiary alicyclic amines) is 1. The van der Waals surface area contributed by atoms with Gasteiger partial charge in [-0.1, -0.05) is 18.2 Å². The molecule has 1 saturated heterocycles. The number of nitrogens with zero attached hydrogens (tertiary/aromatic N) is 2. The standard InChI is InChI=1S/C20H21N3O2/c24-19(22-13-14-8-10-21-11-9-14)18-16-6-7-17(12-16)23(18)20(25)15-4-2-1-3-5-15/h1-5,8-11,16-18H,6-7,12-13H2,(H,22,24)/t16-,17-,18-/m0/s1. The van der Waals surface area contributed by atoms with Crippen LogP contribution < -0.4 is 5.32 Å². The van der Waals surface area contributed by atoms with Gasteiger partial charge >= 0.3 is 0 Å². The summed E-state index contributed by atoms with van der Waals surface area (Å²) in [4.78, 5) is 31.6. The Balaban J connectivity index is 1.50. The highest BCUT2D eigenvalue weighted by Crippen LogP contribution is 2.43. The van der Waals surface area contributed by atoms with E-state index >= 15 is 0 Å². The minimum atomic E-state index is -0.353. The molecule has 1 aromatic heterocycles. The number of hydrogen-bond donors (Lipinski definition) is 1. The van der Waals surface area contributed by atoms with Gasteiger partial charge in [0.05, 0.1) is 0 Å². The maximum Gasteiger partial charge on any atom is 0.254 e. The molecule has 1 aliphatic carbocycles. The molecule has 0 radical (unpaired) electrons. The maximum atomic E-state index is 13.0. The highest BCUT2D eigenvalue weighted by atomic mass is 16.2. The summed E-state index contributed by atoms with van der Waals surface area (Å²) >= 11 is 0. The van der Waals surface area contributed by atoms with Crippen LogP contribution in [0.1, 0.15) is 35.2 Å². The fourth-order valence-electron chi connectivity index (χ4n) is 4.14. The number of carbonyl (C=O) groups is 2. The van der Waals surface area contributed by atoms with Crippen molar-refractivity contribution in [2.45, 2.75) is 37.9 Å². The lowest BCUT2D eigenvalue weighted by Gasteiger charge is -2.34. The van der Waals surface area contributed by atoms with Gasteiger partial charge in [-0.15, -0.1) is 0 Å². The normalized spacial score (nSPS) is 24.3. The number of hydrogen-bond acceptors (Lipinski definition) is 3. The Bertz CT molecular complexity index is 763. The van der Waals surface area contributed by atoms with Gasteiger partial charge in [-0.2, -0.15) is 0 Å². The number of piperidine rings is 1. The minimum Gasteiger partial charge on any atom is -0.350 e. The van der Waals surface area contributed by atoms with Gasteiger partial charge in [0.2, 0.25) is 5.91 Å². The molecule has 2 heterocycles. The Morgan fingerprint density at radius 2 is 1.84 bits per heavy atom. The molecule has 1 aromatic carbocycles. The number of rotatable bonds is 4. The first-order valence-electron chi connectivity index (χ1n) is 8.78. The first-order valence-corrected chi connectivity index (χ1v) is 8.78. The Morgan fingerprint density at radius 3 is 2.60 bits per heavy atom. The zero-order valence-corrected chi connectivity index (χ0v) is 14.0. The van der Waals surface area contributed by atoms with E-state index in [1.165, 1.54) is 0 Å². The van der Waals surface area contributed by atoms with Crippen molar-refractivity contribution in [1.82, 2.24) is 15.2 Å². The lowest BCUT2D eigenvalue weighted by molar-refractivity contribution is -0.127. The second-order valence-corrected chi connectivity index (χ2v) is 6.82. The van der Waals surface area contributed by atoms with Gasteiger partial charge in [-0.3, -0.25) is 14.6 Å². The fourth-order valence-corrected chi connectivity index (χ4v) is 4.14. The quantitative estimate of drug-likeness (QED) is 0.933. The Kier molecular flexibility index (Phi) is 4.22. The maximum absolute atomic E-state index is 13.0. The highest BCUT2D eigenvalue weighted by molar-refractivity contribution is 5.98. The van der Waals surface area contributed by atoms with Gasteiger partial charge in [0.15, 0.2) is 0 Å². The van der Waals surface area contributed by atoms with Crippen LogP contribution in [0.5, 0.6) is 0 Å². The van der Waals surface area contributed by atoms with E-state index in [4.69, 9.17) is 0 Å². The van der Waals surface area contributed by atoms with Crippen molar-refractivity contribution in [3.05, 3.63) is 66.0 Å². The average molecular weight is 335 g/mol. The van der Waals surface area contributed by atoms with Crippen molar-refractivity contribution < 1.29 is 9.59 Å². The fraction of sp³-hybridized carbons (Fsp3) is 0.350. The molecular formula is C20H21N3O2. The van der Waals surface area contributed by atoms with E-state index < -0.39 is 0 Å². The molecule has 2 amide bonds.